The number of alkyl halides is 3. The molecule has 0 heterocycles. The van der Waals surface area contributed by atoms with E-state index in [2.05, 4.69) is 0 Å². The second-order valence-corrected chi connectivity index (χ2v) is 3.53. The third kappa shape index (κ3) is 4.20. The molecule has 1 aliphatic rings. The smallest absolute Gasteiger partial charge is 0.412 e. The first-order valence-electron chi connectivity index (χ1n) is 4.34. The Labute approximate surface area is 75.6 Å². The van der Waals surface area contributed by atoms with Gasteiger partial charge in [0.05, 0.1) is 12.2 Å². The van der Waals surface area contributed by atoms with Crippen molar-refractivity contribution in [1.82, 2.24) is 0 Å². The van der Waals surface area contributed by atoms with Crippen molar-refractivity contribution in [3.05, 3.63) is 11.8 Å². The van der Waals surface area contributed by atoms with E-state index in [0.29, 0.717) is 0 Å². The molecule has 0 aromatic rings. The maximum Gasteiger partial charge on any atom is 0.412 e. The summed E-state index contributed by atoms with van der Waals surface area (Å²) in [5, 5.41) is 0. The van der Waals surface area contributed by atoms with Gasteiger partial charge < -0.3 is 4.74 Å². The Morgan fingerprint density at radius 3 is 2.23 bits per heavy atom. The van der Waals surface area contributed by atoms with Crippen molar-refractivity contribution in [3.8, 4) is 0 Å². The quantitative estimate of drug-likeness (QED) is 0.626. The molecule has 0 atom stereocenters. The predicted octanol–water partition coefficient (Wildman–Crippen LogP) is 3.27. The van der Waals surface area contributed by atoms with Gasteiger partial charge in [0, 0.05) is 5.92 Å². The number of allylic oxidation sites excluding steroid dienone is 2. The summed E-state index contributed by atoms with van der Waals surface area (Å²) in [7, 11) is 0. The summed E-state index contributed by atoms with van der Waals surface area (Å²) >= 11 is 0. The molecule has 76 valence electrons. The minimum atomic E-state index is -4.26. The molecule has 0 saturated heterocycles. The van der Waals surface area contributed by atoms with E-state index in [1.54, 1.807) is 13.8 Å². The lowest BCUT2D eigenvalue weighted by molar-refractivity contribution is -0.0840. The molecule has 0 aromatic carbocycles. The average Bonchev–Trinajstić information content (AvgIpc) is 2.60. The summed E-state index contributed by atoms with van der Waals surface area (Å²) in [5.74, 6) is 0.103. The maximum atomic E-state index is 12.0. The first kappa shape index (κ1) is 10.4. The molecule has 0 radical (unpaired) electrons. The monoisotopic (exact) mass is 194 g/mol. The molecule has 0 unspecified atom stereocenters. The lowest BCUT2D eigenvalue weighted by Crippen LogP contribution is -2.10. The van der Waals surface area contributed by atoms with E-state index in [0.717, 1.165) is 12.8 Å². The summed E-state index contributed by atoms with van der Waals surface area (Å²) in [5.41, 5.74) is 0. The second-order valence-electron chi connectivity index (χ2n) is 3.53. The molecule has 0 spiro atoms. The van der Waals surface area contributed by atoms with Gasteiger partial charge in [0.15, 0.2) is 0 Å². The highest BCUT2D eigenvalue weighted by atomic mass is 19.4. The molecular weight excluding hydrogens is 181 g/mol. The minimum Gasteiger partial charge on any atom is -0.495 e. The lowest BCUT2D eigenvalue weighted by atomic mass is 10.3. The Morgan fingerprint density at radius 1 is 1.38 bits per heavy atom. The van der Waals surface area contributed by atoms with Crippen molar-refractivity contribution in [1.29, 1.82) is 0 Å². The van der Waals surface area contributed by atoms with Gasteiger partial charge >= 0.3 is 6.18 Å². The number of rotatable bonds is 3. The Bertz CT molecular complexity index is 201. The van der Waals surface area contributed by atoms with Gasteiger partial charge in [-0.25, -0.2) is 0 Å². The highest BCUT2D eigenvalue weighted by Gasteiger charge is 2.34. The average molecular weight is 194 g/mol. The summed E-state index contributed by atoms with van der Waals surface area (Å²) in [6.07, 6.45) is -2.53. The molecule has 1 saturated carbocycles. The molecule has 1 aliphatic carbocycles. The van der Waals surface area contributed by atoms with Gasteiger partial charge in [-0.3, -0.25) is 0 Å². The largest absolute Gasteiger partial charge is 0.495 e. The van der Waals surface area contributed by atoms with E-state index in [-0.39, 0.29) is 23.9 Å². The van der Waals surface area contributed by atoms with Gasteiger partial charge in [-0.05, 0) is 26.7 Å². The van der Waals surface area contributed by atoms with Gasteiger partial charge in [-0.2, -0.15) is 13.2 Å². The number of ether oxygens (including phenoxy) is 1. The van der Waals surface area contributed by atoms with E-state index in [1.165, 1.54) is 0 Å². The van der Waals surface area contributed by atoms with Crippen LogP contribution in [-0.2, 0) is 4.74 Å². The molecule has 0 amide bonds. The Kier molecular flexibility index (Phi) is 2.88. The van der Waals surface area contributed by atoms with E-state index in [1.807, 2.05) is 0 Å². The van der Waals surface area contributed by atoms with Crippen LogP contribution in [0.3, 0.4) is 0 Å². The highest BCUT2D eigenvalue weighted by molar-refractivity contribution is 5.08. The van der Waals surface area contributed by atoms with E-state index in [4.69, 9.17) is 4.74 Å². The highest BCUT2D eigenvalue weighted by Crippen LogP contribution is 2.39. The zero-order chi connectivity index (χ0) is 10.1. The van der Waals surface area contributed by atoms with Crippen molar-refractivity contribution in [2.75, 3.05) is 0 Å². The van der Waals surface area contributed by atoms with Crippen LogP contribution in [0.15, 0.2) is 11.8 Å². The fraction of sp³-hybridized carbons (Fsp3) is 0.778. The number of hydrogen-bond donors (Lipinski definition) is 0. The fourth-order valence-corrected chi connectivity index (χ4v) is 1.05. The molecular formula is C9H13F3O. The van der Waals surface area contributed by atoms with Crippen LogP contribution >= 0.6 is 0 Å². The number of halogens is 3. The van der Waals surface area contributed by atoms with Gasteiger partial charge in [0.2, 0.25) is 0 Å². The third-order valence-electron chi connectivity index (χ3n) is 1.66. The molecule has 4 heteroatoms. The summed E-state index contributed by atoms with van der Waals surface area (Å²) in [4.78, 5) is 0. The second kappa shape index (κ2) is 3.60. The van der Waals surface area contributed by atoms with E-state index in [9.17, 15) is 13.2 Å². The van der Waals surface area contributed by atoms with Crippen molar-refractivity contribution in [2.24, 2.45) is 5.92 Å². The lowest BCUT2D eigenvalue weighted by Gasteiger charge is -2.13. The zero-order valence-electron chi connectivity index (χ0n) is 7.69. The van der Waals surface area contributed by atoms with Crippen LogP contribution in [0.4, 0.5) is 13.2 Å². The zero-order valence-corrected chi connectivity index (χ0v) is 7.69. The normalized spacial score (nSPS) is 19.4. The van der Waals surface area contributed by atoms with Crippen molar-refractivity contribution in [3.63, 3.8) is 0 Å². The fourth-order valence-electron chi connectivity index (χ4n) is 1.05. The standard InChI is InChI=1S/C9H13F3O/c1-6(2)13-8(7-3-4-7)5-9(10,11)12/h5-7H,3-4H2,1-2H3/b8-5-. The van der Waals surface area contributed by atoms with Gasteiger partial charge in [-0.1, -0.05) is 0 Å². The van der Waals surface area contributed by atoms with Crippen molar-refractivity contribution in [2.45, 2.75) is 39.0 Å². The van der Waals surface area contributed by atoms with Crippen molar-refractivity contribution < 1.29 is 17.9 Å². The first-order valence-corrected chi connectivity index (χ1v) is 4.34. The van der Waals surface area contributed by atoms with E-state index < -0.39 is 6.18 Å². The van der Waals surface area contributed by atoms with E-state index >= 15 is 0 Å². The molecule has 0 aliphatic heterocycles. The van der Waals surface area contributed by atoms with Crippen LogP contribution in [0.2, 0.25) is 0 Å². The Morgan fingerprint density at radius 2 is 1.92 bits per heavy atom. The summed E-state index contributed by atoms with van der Waals surface area (Å²) < 4.78 is 41.1. The van der Waals surface area contributed by atoms with Crippen molar-refractivity contribution >= 4 is 0 Å². The molecule has 1 rings (SSSR count). The summed E-state index contributed by atoms with van der Waals surface area (Å²) in [6, 6.07) is 0. The molecule has 1 nitrogen and oxygen atoms in total. The first-order chi connectivity index (χ1) is 5.88. The predicted molar refractivity (Wildman–Crippen MR) is 43.1 cm³/mol. The minimum absolute atomic E-state index is 0.00373. The van der Waals surface area contributed by atoms with Crippen LogP contribution in [0, 0.1) is 5.92 Å². The SMILES string of the molecule is CC(C)O/C(=C\C(F)(F)F)C1CC1. The Hall–Kier alpha value is -0.670. The number of hydrogen-bond acceptors (Lipinski definition) is 1. The topological polar surface area (TPSA) is 9.23 Å². The van der Waals surface area contributed by atoms with Crippen LogP contribution in [-0.4, -0.2) is 12.3 Å². The van der Waals surface area contributed by atoms with Gasteiger partial charge in [0.1, 0.15) is 5.76 Å². The molecule has 0 aromatic heterocycles. The van der Waals surface area contributed by atoms with Gasteiger partial charge in [-0.15, -0.1) is 0 Å². The summed E-state index contributed by atoms with van der Waals surface area (Å²) in [6.45, 7) is 3.46. The van der Waals surface area contributed by atoms with Crippen LogP contribution in [0.5, 0.6) is 0 Å². The van der Waals surface area contributed by atoms with Crippen LogP contribution in [0.25, 0.3) is 0 Å². The van der Waals surface area contributed by atoms with Gasteiger partial charge in [0.25, 0.3) is 0 Å². The molecule has 0 N–H and O–H groups in total. The molecule has 13 heavy (non-hydrogen) atoms. The maximum absolute atomic E-state index is 12.0. The van der Waals surface area contributed by atoms with Crippen LogP contribution in [0.1, 0.15) is 26.7 Å². The molecule has 1 fully saturated rings. The van der Waals surface area contributed by atoms with Crippen LogP contribution < -0.4 is 0 Å². The molecule has 0 bridgehead atoms. The third-order valence-corrected chi connectivity index (χ3v) is 1.66. The Balaban J connectivity index is 2.61.